The van der Waals surface area contributed by atoms with Crippen molar-refractivity contribution in [2.24, 2.45) is 5.92 Å². The van der Waals surface area contributed by atoms with Gasteiger partial charge in [0.2, 0.25) is 5.75 Å². The monoisotopic (exact) mass is 499 g/mol. The number of nitrogens with zero attached hydrogens (tertiary/aromatic N) is 3. The van der Waals surface area contributed by atoms with Crippen LogP contribution in [0, 0.1) is 27.4 Å². The number of nitro groups is 1. The molecule has 196 valence electrons. The number of rotatable bonds is 15. The number of hydrogen-bond acceptors (Lipinski definition) is 8. The highest BCUT2D eigenvalue weighted by atomic mass is 16.6. The zero-order chi connectivity index (χ0) is 26.7. The van der Waals surface area contributed by atoms with E-state index in [2.05, 4.69) is 24.8 Å². The fourth-order valence-electron chi connectivity index (χ4n) is 4.34. The van der Waals surface area contributed by atoms with E-state index in [1.54, 1.807) is 39.5 Å². The minimum atomic E-state index is -0.719. The Morgan fingerprint density at radius 1 is 1.03 bits per heavy atom. The third-order valence-electron chi connectivity index (χ3n) is 6.48. The van der Waals surface area contributed by atoms with Crippen LogP contribution in [0.4, 0.5) is 5.69 Å². The van der Waals surface area contributed by atoms with E-state index in [1.165, 1.54) is 6.07 Å². The summed E-state index contributed by atoms with van der Waals surface area (Å²) in [7, 11) is 6.72. The Morgan fingerprint density at radius 3 is 2.17 bits per heavy atom. The van der Waals surface area contributed by atoms with Crippen molar-refractivity contribution in [2.75, 3.05) is 48.1 Å². The number of para-hydroxylation sites is 2. The Bertz CT molecular complexity index is 1030. The molecule has 0 saturated heterocycles. The van der Waals surface area contributed by atoms with Crippen molar-refractivity contribution in [3.8, 4) is 29.1 Å². The number of ether oxygens (including phenoxy) is 4. The SMILES string of the molecule is COc1cc(C(C#N)(CCCN(C)CCCOc2ccccc2[N+](=O)[O-])C(C)C)cc(OC)c1OC. The molecule has 0 aliphatic rings. The molecule has 0 aromatic heterocycles. The average molecular weight is 500 g/mol. The van der Waals surface area contributed by atoms with Gasteiger partial charge in [-0.3, -0.25) is 10.1 Å². The molecule has 0 N–H and O–H groups in total. The maximum absolute atomic E-state index is 11.1. The van der Waals surface area contributed by atoms with Crippen LogP contribution in [0.25, 0.3) is 0 Å². The third kappa shape index (κ3) is 6.79. The number of hydrogen-bond donors (Lipinski definition) is 0. The molecule has 2 aromatic rings. The van der Waals surface area contributed by atoms with Crippen LogP contribution in [0.1, 0.15) is 38.7 Å². The van der Waals surface area contributed by atoms with Gasteiger partial charge in [-0.2, -0.15) is 5.26 Å². The van der Waals surface area contributed by atoms with Crippen molar-refractivity contribution in [1.82, 2.24) is 4.90 Å². The first kappa shape index (κ1) is 28.7. The van der Waals surface area contributed by atoms with Crippen LogP contribution in [0.5, 0.6) is 23.0 Å². The Hall–Kier alpha value is -3.51. The fourth-order valence-corrected chi connectivity index (χ4v) is 4.34. The molecule has 36 heavy (non-hydrogen) atoms. The summed E-state index contributed by atoms with van der Waals surface area (Å²) in [6.45, 7) is 6.05. The lowest BCUT2D eigenvalue weighted by atomic mass is 9.69. The molecule has 0 spiro atoms. The first-order valence-electron chi connectivity index (χ1n) is 12.0. The van der Waals surface area contributed by atoms with Crippen molar-refractivity contribution in [3.05, 3.63) is 52.1 Å². The molecule has 0 heterocycles. The molecular formula is C27H37N3O6. The van der Waals surface area contributed by atoms with Crippen LogP contribution in [-0.2, 0) is 5.41 Å². The summed E-state index contributed by atoms with van der Waals surface area (Å²) < 4.78 is 22.1. The Kier molecular flexibility index (Phi) is 10.8. The summed E-state index contributed by atoms with van der Waals surface area (Å²) in [6.07, 6.45) is 2.20. The van der Waals surface area contributed by atoms with Gasteiger partial charge in [0.15, 0.2) is 17.2 Å². The molecule has 1 atom stereocenters. The molecule has 9 heteroatoms. The zero-order valence-electron chi connectivity index (χ0n) is 22.1. The van der Waals surface area contributed by atoms with Crippen LogP contribution in [0.3, 0.4) is 0 Å². The first-order valence-corrected chi connectivity index (χ1v) is 12.0. The van der Waals surface area contributed by atoms with E-state index in [0.717, 1.165) is 31.5 Å². The van der Waals surface area contributed by atoms with Crippen molar-refractivity contribution in [1.29, 1.82) is 5.26 Å². The van der Waals surface area contributed by atoms with Gasteiger partial charge in [-0.15, -0.1) is 0 Å². The third-order valence-corrected chi connectivity index (χ3v) is 6.48. The summed E-state index contributed by atoms with van der Waals surface area (Å²) in [5, 5.41) is 21.4. The molecule has 9 nitrogen and oxygen atoms in total. The number of nitriles is 1. The molecule has 0 bridgehead atoms. The fraction of sp³-hybridized carbons (Fsp3) is 0.519. The van der Waals surface area contributed by atoms with Gasteiger partial charge >= 0.3 is 5.69 Å². The number of nitro benzene ring substituents is 1. The van der Waals surface area contributed by atoms with E-state index in [9.17, 15) is 15.4 Å². The minimum absolute atomic E-state index is 0.0285. The molecular weight excluding hydrogens is 462 g/mol. The van der Waals surface area contributed by atoms with Gasteiger partial charge in [0.25, 0.3) is 0 Å². The zero-order valence-corrected chi connectivity index (χ0v) is 22.1. The molecule has 0 aliphatic carbocycles. The minimum Gasteiger partial charge on any atom is -0.493 e. The molecule has 2 rings (SSSR count). The van der Waals surface area contributed by atoms with Crippen LogP contribution in [-0.4, -0.2) is 57.9 Å². The van der Waals surface area contributed by atoms with E-state index in [4.69, 9.17) is 18.9 Å². The van der Waals surface area contributed by atoms with Crippen LogP contribution < -0.4 is 18.9 Å². The van der Waals surface area contributed by atoms with Crippen molar-refractivity contribution in [3.63, 3.8) is 0 Å². The van der Waals surface area contributed by atoms with Gasteiger partial charge in [0.1, 0.15) is 0 Å². The molecule has 0 saturated carbocycles. The Labute approximate surface area is 213 Å². The smallest absolute Gasteiger partial charge is 0.310 e. The lowest BCUT2D eigenvalue weighted by molar-refractivity contribution is -0.385. The van der Waals surface area contributed by atoms with Gasteiger partial charge in [-0.1, -0.05) is 26.0 Å². The molecule has 2 aromatic carbocycles. The second-order valence-corrected chi connectivity index (χ2v) is 8.99. The lowest BCUT2D eigenvalue weighted by Gasteiger charge is -2.33. The van der Waals surface area contributed by atoms with Crippen LogP contribution in [0.15, 0.2) is 36.4 Å². The van der Waals surface area contributed by atoms with Gasteiger partial charge < -0.3 is 23.8 Å². The van der Waals surface area contributed by atoms with E-state index in [1.807, 2.05) is 19.2 Å². The predicted molar refractivity (Wildman–Crippen MR) is 138 cm³/mol. The van der Waals surface area contributed by atoms with E-state index in [-0.39, 0.29) is 17.4 Å². The Balaban J connectivity index is 2.00. The number of benzene rings is 2. The van der Waals surface area contributed by atoms with Gasteiger partial charge in [0, 0.05) is 12.6 Å². The second kappa shape index (κ2) is 13.5. The van der Waals surface area contributed by atoms with E-state index in [0.29, 0.717) is 30.3 Å². The summed E-state index contributed by atoms with van der Waals surface area (Å²) in [5.74, 6) is 1.91. The summed E-state index contributed by atoms with van der Waals surface area (Å²) in [6, 6.07) is 12.7. The summed E-state index contributed by atoms with van der Waals surface area (Å²) >= 11 is 0. The second-order valence-electron chi connectivity index (χ2n) is 8.99. The summed E-state index contributed by atoms with van der Waals surface area (Å²) in [5.41, 5.74) is 0.0948. The molecule has 1 unspecified atom stereocenters. The average Bonchev–Trinajstić information content (AvgIpc) is 2.88. The maximum Gasteiger partial charge on any atom is 0.310 e. The highest BCUT2D eigenvalue weighted by Gasteiger charge is 2.37. The quantitative estimate of drug-likeness (QED) is 0.186. The van der Waals surface area contributed by atoms with Gasteiger partial charge in [-0.05, 0) is 62.5 Å². The highest BCUT2D eigenvalue weighted by Crippen LogP contribution is 2.45. The van der Waals surface area contributed by atoms with Gasteiger partial charge in [-0.25, -0.2) is 0 Å². The first-order chi connectivity index (χ1) is 17.2. The van der Waals surface area contributed by atoms with E-state index >= 15 is 0 Å². The Morgan fingerprint density at radius 2 is 1.64 bits per heavy atom. The van der Waals surface area contributed by atoms with E-state index < -0.39 is 10.3 Å². The highest BCUT2D eigenvalue weighted by molar-refractivity contribution is 5.56. The lowest BCUT2D eigenvalue weighted by Crippen LogP contribution is -2.32. The normalized spacial score (nSPS) is 12.6. The topological polar surface area (TPSA) is 107 Å². The number of methoxy groups -OCH3 is 3. The molecule has 0 fully saturated rings. The molecule has 0 radical (unpaired) electrons. The van der Waals surface area contributed by atoms with Crippen molar-refractivity contribution in [2.45, 2.75) is 38.5 Å². The van der Waals surface area contributed by atoms with Crippen molar-refractivity contribution >= 4 is 5.69 Å². The van der Waals surface area contributed by atoms with Crippen LogP contribution in [0.2, 0.25) is 0 Å². The predicted octanol–water partition coefficient (Wildman–Crippen LogP) is 5.22. The largest absolute Gasteiger partial charge is 0.493 e. The van der Waals surface area contributed by atoms with Gasteiger partial charge in [0.05, 0.1) is 44.3 Å². The molecule has 0 amide bonds. The summed E-state index contributed by atoms with van der Waals surface area (Å²) in [4.78, 5) is 12.9. The van der Waals surface area contributed by atoms with Crippen molar-refractivity contribution < 1.29 is 23.9 Å². The molecule has 0 aliphatic heterocycles. The standard InChI is InChI=1S/C27H37N3O6/c1-20(2)27(19-28,21-17-24(33-4)26(35-6)25(18-21)34-5)13-9-14-29(3)15-10-16-36-23-12-8-7-11-22(23)30(31)32/h7-8,11-12,17-18,20H,9-10,13-16H2,1-6H3. The van der Waals surface area contributed by atoms with Crippen LogP contribution >= 0.6 is 0 Å². The maximum atomic E-state index is 11.1.